The molecule has 0 bridgehead atoms. The number of nitriles is 1. The maximum atomic E-state index is 12.6. The second-order valence-corrected chi connectivity index (χ2v) is 8.81. The van der Waals surface area contributed by atoms with Crippen molar-refractivity contribution < 1.29 is 13.2 Å². The Bertz CT molecular complexity index is 1120. The smallest absolute Gasteiger partial charge is 0.240 e. The van der Waals surface area contributed by atoms with Crippen LogP contribution in [0.3, 0.4) is 0 Å². The lowest BCUT2D eigenvalue weighted by Crippen LogP contribution is -2.23. The summed E-state index contributed by atoms with van der Waals surface area (Å²) in [5.74, 6) is 0.358. The molecular formula is C19H16ClN3O3S2. The topological polar surface area (TPSA) is 92.1 Å². The average molecular weight is 434 g/mol. The van der Waals surface area contributed by atoms with Gasteiger partial charge in [-0.25, -0.2) is 18.1 Å². The van der Waals surface area contributed by atoms with E-state index in [9.17, 15) is 13.7 Å². The van der Waals surface area contributed by atoms with E-state index in [-0.39, 0.29) is 17.0 Å². The Labute approximate surface area is 172 Å². The van der Waals surface area contributed by atoms with Crippen LogP contribution in [0.5, 0.6) is 5.75 Å². The molecule has 0 unspecified atom stereocenters. The van der Waals surface area contributed by atoms with E-state index in [1.165, 1.54) is 29.5 Å². The largest absolute Gasteiger partial charge is 0.492 e. The van der Waals surface area contributed by atoms with E-state index in [1.807, 2.05) is 23.6 Å². The van der Waals surface area contributed by atoms with Crippen LogP contribution in [0.25, 0.3) is 11.3 Å². The third kappa shape index (κ3) is 4.69. The summed E-state index contributed by atoms with van der Waals surface area (Å²) in [6.45, 7) is 2.23. The van der Waals surface area contributed by atoms with Crippen LogP contribution >= 0.6 is 22.9 Å². The number of nitrogens with one attached hydrogen (secondary N) is 1. The zero-order valence-electron chi connectivity index (χ0n) is 14.8. The fourth-order valence-electron chi connectivity index (χ4n) is 2.43. The van der Waals surface area contributed by atoms with E-state index in [0.717, 1.165) is 11.3 Å². The first-order valence-electron chi connectivity index (χ1n) is 8.30. The third-order valence-corrected chi connectivity index (χ3v) is 6.29. The number of ether oxygens (including phenoxy) is 1. The molecule has 1 N–H and O–H groups in total. The van der Waals surface area contributed by atoms with Crippen molar-refractivity contribution in [2.75, 3.05) is 6.61 Å². The molecule has 1 aromatic heterocycles. The number of sulfonamides is 1. The van der Waals surface area contributed by atoms with Crippen LogP contribution in [0.15, 0.2) is 52.7 Å². The lowest BCUT2D eigenvalue weighted by molar-refractivity contribution is 0.339. The van der Waals surface area contributed by atoms with Crippen molar-refractivity contribution >= 4 is 33.0 Å². The molecule has 144 valence electrons. The quantitative estimate of drug-likeness (QED) is 0.602. The van der Waals surface area contributed by atoms with Gasteiger partial charge in [0, 0.05) is 16.0 Å². The summed E-state index contributed by atoms with van der Waals surface area (Å²) in [4.78, 5) is 4.46. The van der Waals surface area contributed by atoms with Crippen LogP contribution in [0, 0.1) is 11.3 Å². The Morgan fingerprint density at radius 3 is 2.68 bits per heavy atom. The summed E-state index contributed by atoms with van der Waals surface area (Å²) >= 11 is 7.25. The summed E-state index contributed by atoms with van der Waals surface area (Å²) in [6, 6.07) is 13.4. The van der Waals surface area contributed by atoms with Crippen molar-refractivity contribution in [3.05, 3.63) is 63.4 Å². The molecule has 3 rings (SSSR count). The van der Waals surface area contributed by atoms with Gasteiger partial charge in [0.1, 0.15) is 16.8 Å². The minimum atomic E-state index is -3.79. The fraction of sp³-hybridized carbons (Fsp3) is 0.158. The highest BCUT2D eigenvalue weighted by Gasteiger charge is 2.17. The molecule has 0 atom stereocenters. The summed E-state index contributed by atoms with van der Waals surface area (Å²) < 4.78 is 33.0. The molecule has 0 spiro atoms. The van der Waals surface area contributed by atoms with Crippen molar-refractivity contribution in [2.45, 2.75) is 18.4 Å². The third-order valence-electron chi connectivity index (χ3n) is 3.79. The molecule has 0 aliphatic heterocycles. The summed E-state index contributed by atoms with van der Waals surface area (Å²) in [6.07, 6.45) is 0. The number of nitrogens with zero attached hydrogens (tertiary/aromatic N) is 2. The molecule has 0 aliphatic rings. The first-order chi connectivity index (χ1) is 13.4. The van der Waals surface area contributed by atoms with Crippen molar-refractivity contribution in [3.8, 4) is 23.1 Å². The second-order valence-electron chi connectivity index (χ2n) is 5.66. The summed E-state index contributed by atoms with van der Waals surface area (Å²) in [7, 11) is -3.79. The van der Waals surface area contributed by atoms with E-state index >= 15 is 0 Å². The minimum Gasteiger partial charge on any atom is -0.492 e. The Balaban J connectivity index is 1.73. The standard InChI is InChI=1S/C19H16ClN3O3S2/c1-2-26-18-8-7-16(9-14(18)10-21)28(24,25)22-11-19-23-17(12-27-19)13-3-5-15(20)6-4-13/h3-9,12,22H,2,11H2,1H3. The molecule has 0 fully saturated rings. The van der Waals surface area contributed by atoms with Crippen molar-refractivity contribution in [1.82, 2.24) is 9.71 Å². The predicted octanol–water partition coefficient (Wildman–Crippen LogP) is 4.21. The highest BCUT2D eigenvalue weighted by molar-refractivity contribution is 7.89. The van der Waals surface area contributed by atoms with Crippen molar-refractivity contribution in [3.63, 3.8) is 0 Å². The van der Waals surface area contributed by atoms with Crippen LogP contribution in [0.1, 0.15) is 17.5 Å². The number of thiazole rings is 1. The number of aromatic nitrogens is 1. The minimum absolute atomic E-state index is 0.00184. The van der Waals surface area contributed by atoms with Crippen LogP contribution < -0.4 is 9.46 Å². The molecule has 28 heavy (non-hydrogen) atoms. The maximum Gasteiger partial charge on any atom is 0.240 e. The zero-order valence-corrected chi connectivity index (χ0v) is 17.2. The normalized spacial score (nSPS) is 11.2. The number of benzene rings is 2. The van der Waals surface area contributed by atoms with Crippen molar-refractivity contribution in [1.29, 1.82) is 5.26 Å². The van der Waals surface area contributed by atoms with Crippen LogP contribution in [-0.4, -0.2) is 20.0 Å². The van der Waals surface area contributed by atoms with Gasteiger partial charge in [-0.15, -0.1) is 11.3 Å². The SMILES string of the molecule is CCOc1ccc(S(=O)(=O)NCc2nc(-c3ccc(Cl)cc3)cs2)cc1C#N. The van der Waals surface area contributed by atoms with Gasteiger partial charge in [0.25, 0.3) is 0 Å². The van der Waals surface area contributed by atoms with Crippen LogP contribution in [0.4, 0.5) is 0 Å². The van der Waals surface area contributed by atoms with Gasteiger partial charge in [-0.1, -0.05) is 23.7 Å². The van der Waals surface area contributed by atoms with E-state index in [0.29, 0.717) is 22.4 Å². The van der Waals surface area contributed by atoms with E-state index in [2.05, 4.69) is 9.71 Å². The summed E-state index contributed by atoms with van der Waals surface area (Å²) in [5.41, 5.74) is 1.83. The highest BCUT2D eigenvalue weighted by Crippen LogP contribution is 2.25. The van der Waals surface area contributed by atoms with Gasteiger partial charge in [-0.2, -0.15) is 5.26 Å². The van der Waals surface area contributed by atoms with Gasteiger partial charge in [-0.3, -0.25) is 0 Å². The first-order valence-corrected chi connectivity index (χ1v) is 11.0. The maximum absolute atomic E-state index is 12.6. The van der Waals surface area contributed by atoms with Gasteiger partial charge in [0.2, 0.25) is 10.0 Å². The highest BCUT2D eigenvalue weighted by atomic mass is 35.5. The monoisotopic (exact) mass is 433 g/mol. The fourth-order valence-corrected chi connectivity index (χ4v) is 4.40. The van der Waals surface area contributed by atoms with Gasteiger partial charge in [-0.05, 0) is 37.3 Å². The first kappa shape index (κ1) is 20.3. The van der Waals surface area contributed by atoms with Crippen molar-refractivity contribution in [2.24, 2.45) is 0 Å². The molecule has 1 heterocycles. The van der Waals surface area contributed by atoms with Crippen LogP contribution in [-0.2, 0) is 16.6 Å². The van der Waals surface area contributed by atoms with Gasteiger partial charge < -0.3 is 4.74 Å². The molecule has 3 aromatic rings. The van der Waals surface area contributed by atoms with Crippen LogP contribution in [0.2, 0.25) is 5.02 Å². The molecule has 0 amide bonds. The second kappa shape index (κ2) is 8.71. The number of hydrogen-bond donors (Lipinski definition) is 1. The molecule has 0 saturated heterocycles. The zero-order chi connectivity index (χ0) is 20.1. The molecule has 2 aromatic carbocycles. The lowest BCUT2D eigenvalue weighted by atomic mass is 10.2. The molecule has 6 nitrogen and oxygen atoms in total. The number of halogens is 1. The molecule has 0 saturated carbocycles. The predicted molar refractivity (Wildman–Crippen MR) is 109 cm³/mol. The molecule has 0 radical (unpaired) electrons. The number of rotatable bonds is 7. The van der Waals surface area contributed by atoms with E-state index in [1.54, 1.807) is 19.1 Å². The average Bonchev–Trinajstić information content (AvgIpc) is 3.16. The molecular weight excluding hydrogens is 418 g/mol. The number of hydrogen-bond acceptors (Lipinski definition) is 6. The Kier molecular flexibility index (Phi) is 6.31. The molecule has 9 heteroatoms. The van der Waals surface area contributed by atoms with E-state index in [4.69, 9.17) is 16.3 Å². The summed E-state index contributed by atoms with van der Waals surface area (Å²) in [5, 5.41) is 12.3. The molecule has 0 aliphatic carbocycles. The Hall–Kier alpha value is -2.44. The van der Waals surface area contributed by atoms with E-state index < -0.39 is 10.0 Å². The Morgan fingerprint density at radius 1 is 1.25 bits per heavy atom. The van der Waals surface area contributed by atoms with Gasteiger partial charge >= 0.3 is 0 Å². The Morgan fingerprint density at radius 2 is 2.00 bits per heavy atom. The van der Waals surface area contributed by atoms with Gasteiger partial charge in [0.05, 0.1) is 29.3 Å². The van der Waals surface area contributed by atoms with Gasteiger partial charge in [0.15, 0.2) is 0 Å². The lowest BCUT2D eigenvalue weighted by Gasteiger charge is -2.09.